The average Bonchev–Trinajstić information content (AvgIpc) is 2.72. The van der Waals surface area contributed by atoms with Gasteiger partial charge < -0.3 is 9.47 Å². The summed E-state index contributed by atoms with van der Waals surface area (Å²) in [7, 11) is 1.51. The Bertz CT molecular complexity index is 986. The number of methoxy groups -OCH3 is 1. The summed E-state index contributed by atoms with van der Waals surface area (Å²) in [5.41, 5.74) is 1.06. The summed E-state index contributed by atoms with van der Waals surface area (Å²) in [6.45, 7) is 3.99. The van der Waals surface area contributed by atoms with E-state index in [-0.39, 0.29) is 16.8 Å². The molecule has 0 unspecified atom stereocenters. The van der Waals surface area contributed by atoms with Crippen molar-refractivity contribution in [2.24, 2.45) is 0 Å². The van der Waals surface area contributed by atoms with Gasteiger partial charge in [-0.15, -0.1) is 0 Å². The van der Waals surface area contributed by atoms with Crippen LogP contribution in [0.4, 0.5) is 5.69 Å². The summed E-state index contributed by atoms with van der Waals surface area (Å²) in [5, 5.41) is 2.59. The maximum atomic E-state index is 13.2. The fourth-order valence-electron chi connectivity index (χ4n) is 2.85. The van der Waals surface area contributed by atoms with Crippen LogP contribution in [0.3, 0.4) is 0 Å². The van der Waals surface area contributed by atoms with Crippen molar-refractivity contribution >= 4 is 40.9 Å². The van der Waals surface area contributed by atoms with Crippen molar-refractivity contribution in [1.82, 2.24) is 5.32 Å². The molecule has 1 saturated heterocycles. The van der Waals surface area contributed by atoms with Crippen LogP contribution in [0.25, 0.3) is 6.08 Å². The van der Waals surface area contributed by atoms with Crippen LogP contribution >= 0.6 is 12.2 Å². The Balaban J connectivity index is 2.03. The quantitative estimate of drug-likeness (QED) is 0.447. The number of rotatable bonds is 6. The van der Waals surface area contributed by atoms with Crippen molar-refractivity contribution < 1.29 is 19.1 Å². The van der Waals surface area contributed by atoms with Gasteiger partial charge in [-0.25, -0.2) is 4.90 Å². The summed E-state index contributed by atoms with van der Waals surface area (Å²) in [6.07, 6.45) is 2.36. The fourth-order valence-corrected chi connectivity index (χ4v) is 3.13. The molecule has 0 spiro atoms. The largest absolute Gasteiger partial charge is 0.495 e. The van der Waals surface area contributed by atoms with Crippen LogP contribution in [0.2, 0.25) is 0 Å². The first-order valence-electron chi connectivity index (χ1n) is 9.26. The second-order valence-electron chi connectivity index (χ2n) is 6.50. The highest BCUT2D eigenvalue weighted by atomic mass is 32.1. The van der Waals surface area contributed by atoms with E-state index >= 15 is 0 Å². The predicted octanol–water partition coefficient (Wildman–Crippen LogP) is 3.70. The number of carbonyl (C=O) groups excluding carboxylic acids is 2. The number of nitrogens with zero attached hydrogens (tertiary/aromatic N) is 1. The number of benzene rings is 2. The predicted molar refractivity (Wildman–Crippen MR) is 116 cm³/mol. The number of anilines is 1. The Morgan fingerprint density at radius 1 is 1.10 bits per heavy atom. The molecule has 1 heterocycles. The Kier molecular flexibility index (Phi) is 6.29. The first-order chi connectivity index (χ1) is 14.0. The van der Waals surface area contributed by atoms with Gasteiger partial charge in [0.25, 0.3) is 11.8 Å². The smallest absolute Gasteiger partial charge is 0.270 e. The number of thiocarbonyl (C=S) groups is 1. The van der Waals surface area contributed by atoms with E-state index in [1.54, 1.807) is 30.3 Å². The van der Waals surface area contributed by atoms with E-state index in [4.69, 9.17) is 21.7 Å². The average molecular weight is 410 g/mol. The van der Waals surface area contributed by atoms with E-state index in [1.807, 2.05) is 32.0 Å². The zero-order valence-corrected chi connectivity index (χ0v) is 17.3. The number of para-hydroxylation sites is 3. The summed E-state index contributed by atoms with van der Waals surface area (Å²) >= 11 is 5.25. The Hall–Kier alpha value is -3.19. The van der Waals surface area contributed by atoms with Gasteiger partial charge in [-0.05, 0) is 49.8 Å². The third-order valence-electron chi connectivity index (χ3n) is 4.55. The zero-order chi connectivity index (χ0) is 21.0. The van der Waals surface area contributed by atoms with Crippen molar-refractivity contribution in [2.75, 3.05) is 12.0 Å². The lowest BCUT2D eigenvalue weighted by atomic mass is 10.1. The van der Waals surface area contributed by atoms with Crippen molar-refractivity contribution in [3.05, 3.63) is 59.7 Å². The molecule has 150 valence electrons. The molecule has 0 bridgehead atoms. The number of ether oxygens (including phenoxy) is 2. The molecule has 1 aliphatic rings. The molecule has 2 aromatic rings. The van der Waals surface area contributed by atoms with Crippen molar-refractivity contribution in [3.63, 3.8) is 0 Å². The molecule has 0 saturated carbocycles. The first kappa shape index (κ1) is 20.5. The maximum absolute atomic E-state index is 13.2. The van der Waals surface area contributed by atoms with Crippen LogP contribution < -0.4 is 19.7 Å². The second kappa shape index (κ2) is 8.87. The van der Waals surface area contributed by atoms with E-state index in [1.165, 1.54) is 18.1 Å². The van der Waals surface area contributed by atoms with Gasteiger partial charge in [0.15, 0.2) is 5.11 Å². The number of amides is 2. The molecule has 1 atom stereocenters. The van der Waals surface area contributed by atoms with Gasteiger partial charge in [0.1, 0.15) is 17.1 Å². The Labute approximate surface area is 175 Å². The van der Waals surface area contributed by atoms with E-state index < -0.39 is 11.8 Å². The standard InChI is InChI=1S/C22H22N2O4S/c1-4-14(2)28-18-11-7-5-9-15(18)13-16-20(25)23-22(29)24(21(16)26)17-10-6-8-12-19(17)27-3/h5-14H,4H2,1-3H3,(H,23,25,29)/b16-13+/t14-/m1/s1. The van der Waals surface area contributed by atoms with Crippen molar-refractivity contribution in [1.29, 1.82) is 0 Å². The highest BCUT2D eigenvalue weighted by Crippen LogP contribution is 2.31. The lowest BCUT2D eigenvalue weighted by Crippen LogP contribution is -2.54. The highest BCUT2D eigenvalue weighted by molar-refractivity contribution is 7.80. The fraction of sp³-hybridized carbons (Fsp3) is 0.227. The molecule has 0 aliphatic carbocycles. The first-order valence-corrected chi connectivity index (χ1v) is 9.67. The van der Waals surface area contributed by atoms with Crippen LogP contribution in [0, 0.1) is 0 Å². The van der Waals surface area contributed by atoms with Gasteiger partial charge in [0, 0.05) is 5.56 Å². The molecular formula is C22H22N2O4S. The third-order valence-corrected chi connectivity index (χ3v) is 4.83. The molecule has 3 rings (SSSR count). The number of nitrogens with one attached hydrogen (secondary N) is 1. The number of hydrogen-bond donors (Lipinski definition) is 1. The van der Waals surface area contributed by atoms with Crippen LogP contribution in [0.5, 0.6) is 11.5 Å². The second-order valence-corrected chi connectivity index (χ2v) is 6.89. The van der Waals surface area contributed by atoms with Gasteiger partial charge in [-0.1, -0.05) is 37.3 Å². The van der Waals surface area contributed by atoms with Crippen molar-refractivity contribution in [2.45, 2.75) is 26.4 Å². The summed E-state index contributed by atoms with van der Waals surface area (Å²) in [4.78, 5) is 27.0. The number of hydrogen-bond acceptors (Lipinski definition) is 5. The normalized spacial score (nSPS) is 16.6. The summed E-state index contributed by atoms with van der Waals surface area (Å²) in [6, 6.07) is 14.3. The molecule has 29 heavy (non-hydrogen) atoms. The minimum Gasteiger partial charge on any atom is -0.495 e. The topological polar surface area (TPSA) is 67.9 Å². The SMILES string of the molecule is CC[C@@H](C)Oc1ccccc1/C=C1\C(=O)NC(=S)N(c2ccccc2OC)C1=O. The Morgan fingerprint density at radius 2 is 1.76 bits per heavy atom. The van der Waals surface area contributed by atoms with Crippen LogP contribution in [-0.4, -0.2) is 30.1 Å². The zero-order valence-electron chi connectivity index (χ0n) is 16.5. The van der Waals surface area contributed by atoms with Gasteiger partial charge in [-0.3, -0.25) is 14.9 Å². The molecule has 2 aromatic carbocycles. The monoisotopic (exact) mass is 410 g/mol. The molecule has 0 radical (unpaired) electrons. The van der Waals surface area contributed by atoms with Crippen LogP contribution in [-0.2, 0) is 9.59 Å². The Morgan fingerprint density at radius 3 is 2.45 bits per heavy atom. The van der Waals surface area contributed by atoms with E-state index in [0.717, 1.165) is 6.42 Å². The lowest BCUT2D eigenvalue weighted by molar-refractivity contribution is -0.122. The maximum Gasteiger partial charge on any atom is 0.270 e. The van der Waals surface area contributed by atoms with Crippen LogP contribution in [0.1, 0.15) is 25.8 Å². The lowest BCUT2D eigenvalue weighted by Gasteiger charge is -2.30. The molecule has 1 fully saturated rings. The van der Waals surface area contributed by atoms with Crippen molar-refractivity contribution in [3.8, 4) is 11.5 Å². The van der Waals surface area contributed by atoms with Gasteiger partial charge in [0.05, 0.1) is 18.9 Å². The van der Waals surface area contributed by atoms with E-state index in [2.05, 4.69) is 5.32 Å². The molecule has 1 N–H and O–H groups in total. The molecule has 0 aromatic heterocycles. The molecular weight excluding hydrogens is 388 g/mol. The summed E-state index contributed by atoms with van der Waals surface area (Å²) in [5.74, 6) is -0.00257. The van der Waals surface area contributed by atoms with Crippen LogP contribution in [0.15, 0.2) is 54.1 Å². The highest BCUT2D eigenvalue weighted by Gasteiger charge is 2.35. The minimum absolute atomic E-state index is 0.00286. The van der Waals surface area contributed by atoms with Gasteiger partial charge in [0.2, 0.25) is 0 Å². The number of carbonyl (C=O) groups is 2. The van der Waals surface area contributed by atoms with Gasteiger partial charge in [-0.2, -0.15) is 0 Å². The molecule has 7 heteroatoms. The molecule has 2 amide bonds. The molecule has 6 nitrogen and oxygen atoms in total. The molecule has 1 aliphatic heterocycles. The van der Waals surface area contributed by atoms with E-state index in [9.17, 15) is 9.59 Å². The minimum atomic E-state index is -0.551. The van der Waals surface area contributed by atoms with Gasteiger partial charge >= 0.3 is 0 Å². The third kappa shape index (κ3) is 4.30. The van der Waals surface area contributed by atoms with E-state index in [0.29, 0.717) is 22.7 Å². The summed E-state index contributed by atoms with van der Waals surface area (Å²) < 4.78 is 11.3.